The molecule has 0 bridgehead atoms. The summed E-state index contributed by atoms with van der Waals surface area (Å²) in [5, 5.41) is 84.5. The van der Waals surface area contributed by atoms with Crippen LogP contribution in [0.2, 0.25) is 0 Å². The van der Waals surface area contributed by atoms with Crippen molar-refractivity contribution in [2.75, 3.05) is 79.0 Å². The van der Waals surface area contributed by atoms with Gasteiger partial charge in [0, 0.05) is 52.9 Å². The summed E-state index contributed by atoms with van der Waals surface area (Å²) in [7, 11) is 17.1. The number of piperidine rings is 3. The van der Waals surface area contributed by atoms with E-state index >= 15 is 0 Å². The molecule has 20 heteroatoms. The number of hydrogen-bond donors (Lipinski definition) is 8. The fourth-order valence-electron chi connectivity index (χ4n) is 4.92. The van der Waals surface area contributed by atoms with Crippen LogP contribution in [0, 0.1) is 21.7 Å². The third-order valence-corrected chi connectivity index (χ3v) is 9.06. The molecule has 3 atom stereocenters. The second-order valence-electron chi connectivity index (χ2n) is 20.4. The van der Waals surface area contributed by atoms with E-state index in [0.717, 1.165) is 70.3 Å². The Bertz CT molecular complexity index is 859. The molecule has 0 radical (unpaired) electrons. The first-order chi connectivity index (χ1) is 32.0. The summed E-state index contributed by atoms with van der Waals surface area (Å²) in [4.78, 5) is 0. The number of aliphatic hydroxyl groups excluding tert-OH is 8. The van der Waals surface area contributed by atoms with Gasteiger partial charge in [0.25, 0.3) is 0 Å². The van der Waals surface area contributed by atoms with Gasteiger partial charge in [-0.3, -0.25) is 0 Å². The van der Waals surface area contributed by atoms with Crippen molar-refractivity contribution in [2.24, 2.45) is 21.7 Å². The van der Waals surface area contributed by atoms with Crippen LogP contribution in [-0.2, 0) is 58.3 Å². The Hall–Kier alpha value is 1.97. The fourth-order valence-corrected chi connectivity index (χ4v) is 4.92. The predicted octanol–water partition coefficient (Wildman–Crippen LogP) is 11.9. The van der Waals surface area contributed by atoms with Crippen molar-refractivity contribution >= 4 is 40.8 Å². The zero-order valence-corrected chi connectivity index (χ0v) is 50.8. The summed E-state index contributed by atoms with van der Waals surface area (Å²) in [5.41, 5.74) is 1.97. The number of halogens is 4. The van der Waals surface area contributed by atoms with Gasteiger partial charge in [-0.15, -0.1) is 56.1 Å². The average molecular weight is 1240 g/mol. The van der Waals surface area contributed by atoms with Gasteiger partial charge in [0.15, 0.2) is 0 Å². The predicted molar refractivity (Wildman–Crippen MR) is 279 cm³/mol. The first-order valence-corrected chi connectivity index (χ1v) is 28.8. The van der Waals surface area contributed by atoms with Crippen molar-refractivity contribution in [2.45, 2.75) is 185 Å². The van der Waals surface area contributed by atoms with Crippen LogP contribution in [0.3, 0.4) is 0 Å². The number of rotatable bonds is 8. The summed E-state index contributed by atoms with van der Waals surface area (Å²) in [6.07, 6.45) is 19.9. The Morgan fingerprint density at radius 2 is 0.691 bits per heavy atom. The molecular weight excluding hydrogens is 1140 g/mol. The average Bonchev–Trinajstić information content (AvgIpc) is 3.32. The Kier molecular flexibility index (Phi) is 83.0. The van der Waals surface area contributed by atoms with Gasteiger partial charge in [0.2, 0.25) is 0 Å². The van der Waals surface area contributed by atoms with Crippen molar-refractivity contribution < 1.29 is 99.1 Å². The maximum atomic E-state index is 8.60. The van der Waals surface area contributed by atoms with E-state index in [4.69, 9.17) is 40.9 Å². The summed E-state index contributed by atoms with van der Waals surface area (Å²) in [6, 6.07) is 0.802. The van der Waals surface area contributed by atoms with Crippen LogP contribution in [0.15, 0.2) is 23.9 Å². The molecule has 0 aromatic heterocycles. The molecule has 0 aromatic carbocycles. The zero-order valence-electron chi connectivity index (χ0n) is 43.8. The quantitative estimate of drug-likeness (QED) is 0.109. The van der Waals surface area contributed by atoms with Crippen molar-refractivity contribution in [3.05, 3.63) is 45.2 Å². The molecule has 68 heavy (non-hydrogen) atoms. The molecule has 0 aromatic rings. The number of nitrogens with zero attached hydrogens (tertiary/aromatic N) is 4. The Morgan fingerprint density at radius 3 is 0.779 bits per heavy atom. The monoisotopic (exact) mass is 1230 g/mol. The zero-order chi connectivity index (χ0) is 54.9. The molecule has 3 saturated heterocycles. The molecule has 8 N–H and O–H groups in total. The van der Waals surface area contributed by atoms with Crippen LogP contribution in [0.25, 0.3) is 21.3 Å². The molecule has 4 heterocycles. The van der Waals surface area contributed by atoms with Crippen LogP contribution < -0.4 is 0 Å². The van der Waals surface area contributed by atoms with E-state index in [2.05, 4.69) is 203 Å². The molecule has 0 amide bonds. The minimum absolute atomic E-state index is 0.0599. The van der Waals surface area contributed by atoms with Crippen LogP contribution >= 0.6 is 40.8 Å². The van der Waals surface area contributed by atoms with E-state index < -0.39 is 0 Å². The molecule has 432 valence electrons. The van der Waals surface area contributed by atoms with Crippen LogP contribution in [-0.4, -0.2) is 138 Å². The normalized spacial score (nSPS) is 18.1. The van der Waals surface area contributed by atoms with Crippen LogP contribution in [0.5, 0.6) is 0 Å². The summed E-state index contributed by atoms with van der Waals surface area (Å²) in [6.45, 7) is 31.0. The molecule has 0 saturated carbocycles. The van der Waals surface area contributed by atoms with Crippen molar-refractivity contribution in [3.8, 4) is 0 Å². The molecule has 4 aliphatic heterocycles. The van der Waals surface area contributed by atoms with Gasteiger partial charge in [-0.1, -0.05) is 153 Å². The second-order valence-corrected chi connectivity index (χ2v) is 20.4. The molecule has 4 rings (SSSR count). The van der Waals surface area contributed by atoms with Gasteiger partial charge >= 0.3 is 99.1 Å². The topological polar surface area (TPSA) is 218 Å². The standard InChI is InChI=1S/3C6H12NO.C6H8NO.4C6H14O.4ClH.4Ni/c4*8-5-6-3-1-2-4-7-6;4*1-6(2,3)4-5-7;;;;;;;;/h3*6,8H,1-5H2;1-3,8H,4-5H2;4*7H,4-5H2,1-3H3;4*1H;;;;/q4*-1;;;;;;;;;4*+1/p-4. The fraction of sp³-hybridized carbons (Fsp3) is 0.917. The SMILES string of the molecule is CC(C)(C)CCO.CC(C)(C)CCO.CC(C)(C)CCO.CC(C)(C)CCO.OCC1=CC=CC[N-]1.OCC1CCCC[N-]1.OCC1CCCC[N-]1.OCC1CCCC[N-]1.[Cl][Ni].[Cl][Ni].[Cl][Ni].[Cl][Ni]. The number of allylic oxidation sites excluding steroid dienone is 2. The molecule has 3 unspecified atom stereocenters. The maximum absolute atomic E-state index is 8.60. The Balaban J connectivity index is -0.0000000987. The summed E-state index contributed by atoms with van der Waals surface area (Å²) < 4.78 is 0. The van der Waals surface area contributed by atoms with E-state index in [0.29, 0.717) is 54.6 Å². The minimum atomic E-state index is 0.0599. The van der Waals surface area contributed by atoms with Gasteiger partial charge in [-0.25, -0.2) is 0 Å². The Morgan fingerprint density at radius 1 is 0.441 bits per heavy atom. The summed E-state index contributed by atoms with van der Waals surface area (Å²) in [5.74, 6) is 0. The van der Waals surface area contributed by atoms with Gasteiger partial charge < -0.3 is 62.1 Å². The van der Waals surface area contributed by atoms with Gasteiger partial charge in [-0.2, -0.15) is 0 Å². The Labute approximate surface area is 466 Å². The van der Waals surface area contributed by atoms with Gasteiger partial charge in [0.05, 0.1) is 0 Å². The molecule has 12 nitrogen and oxygen atoms in total. The third-order valence-electron chi connectivity index (χ3n) is 9.06. The molecule has 3 fully saturated rings. The van der Waals surface area contributed by atoms with E-state index in [1.54, 1.807) is 0 Å². The van der Waals surface area contributed by atoms with Gasteiger partial charge in [-0.05, 0) is 47.3 Å². The molecule has 4 aliphatic rings. The first kappa shape index (κ1) is 86.7. The summed E-state index contributed by atoms with van der Waals surface area (Å²) >= 11 is 13.4. The second kappa shape index (κ2) is 65.1. The van der Waals surface area contributed by atoms with Crippen LogP contribution in [0.1, 0.15) is 167 Å². The molecular formula is C48H100Cl4N4Ni4O8-4. The van der Waals surface area contributed by atoms with Crippen LogP contribution in [0.4, 0.5) is 0 Å². The van der Waals surface area contributed by atoms with E-state index in [1.807, 2.05) is 18.2 Å². The van der Waals surface area contributed by atoms with Gasteiger partial charge in [0.1, 0.15) is 0 Å². The van der Waals surface area contributed by atoms with Crippen molar-refractivity contribution in [1.82, 2.24) is 0 Å². The molecule has 0 aliphatic carbocycles. The van der Waals surface area contributed by atoms with E-state index in [1.165, 1.54) is 38.5 Å². The first-order valence-electron chi connectivity index (χ1n) is 23.4. The third kappa shape index (κ3) is 90.7. The van der Waals surface area contributed by atoms with Crippen molar-refractivity contribution in [1.29, 1.82) is 0 Å². The van der Waals surface area contributed by atoms with E-state index in [9.17, 15) is 0 Å². The van der Waals surface area contributed by atoms with E-state index in [-0.39, 0.29) is 44.6 Å². The number of hydrogen-bond acceptors (Lipinski definition) is 8. The number of aliphatic hydroxyl groups is 8. The van der Waals surface area contributed by atoms with Crippen molar-refractivity contribution in [3.63, 3.8) is 0 Å². The molecule has 0 spiro atoms.